The molecule has 0 saturated carbocycles. The summed E-state index contributed by atoms with van der Waals surface area (Å²) in [6.07, 6.45) is 2.40. The molecular weight excluding hydrogens is 423 g/mol. The van der Waals surface area contributed by atoms with Gasteiger partial charge in [-0.3, -0.25) is 0 Å². The van der Waals surface area contributed by atoms with Gasteiger partial charge in [0.25, 0.3) is 0 Å². The second-order valence-electron chi connectivity index (χ2n) is 7.76. The van der Waals surface area contributed by atoms with E-state index in [2.05, 4.69) is 103 Å². The van der Waals surface area contributed by atoms with Gasteiger partial charge in [0.2, 0.25) is 0 Å². The van der Waals surface area contributed by atoms with E-state index in [9.17, 15) is 4.79 Å². The lowest BCUT2D eigenvalue weighted by atomic mass is 10.1. The van der Waals surface area contributed by atoms with Crippen LogP contribution in [0.2, 0.25) is 0 Å². The molecule has 0 bridgehead atoms. The zero-order chi connectivity index (χ0) is 22.9. The normalized spacial score (nSPS) is 11.7. The zero-order valence-corrected chi connectivity index (χ0v) is 19.7. The van der Waals surface area contributed by atoms with Crippen molar-refractivity contribution in [2.24, 2.45) is 0 Å². The molecule has 0 heterocycles. The van der Waals surface area contributed by atoms with Gasteiger partial charge in [0.1, 0.15) is 23.2 Å². The fourth-order valence-corrected chi connectivity index (χ4v) is 8.49. The number of hydrogen-bond donors (Lipinski definition) is 0. The van der Waals surface area contributed by atoms with Gasteiger partial charge in [0.15, 0.2) is 0 Å². The number of ether oxygens (including phenoxy) is 1. The van der Waals surface area contributed by atoms with Crippen LogP contribution in [0.1, 0.15) is 12.5 Å². The first kappa shape index (κ1) is 22.7. The molecule has 33 heavy (non-hydrogen) atoms. The SMILES string of the molecule is CCOC(=O)/C=C(\C[P+](c1ccccc1)(c1ccccc1)c1ccccc1)c1ccccc1. The van der Waals surface area contributed by atoms with Crippen molar-refractivity contribution in [2.75, 3.05) is 12.8 Å². The van der Waals surface area contributed by atoms with Gasteiger partial charge in [-0.2, -0.15) is 0 Å². The van der Waals surface area contributed by atoms with Crippen molar-refractivity contribution < 1.29 is 9.53 Å². The van der Waals surface area contributed by atoms with E-state index in [1.165, 1.54) is 15.9 Å². The largest absolute Gasteiger partial charge is 0.463 e. The van der Waals surface area contributed by atoms with E-state index in [1.807, 2.05) is 25.1 Å². The maximum atomic E-state index is 12.6. The van der Waals surface area contributed by atoms with Crippen LogP contribution in [0, 0.1) is 0 Å². The highest BCUT2D eigenvalue weighted by Crippen LogP contribution is 2.57. The van der Waals surface area contributed by atoms with Crippen LogP contribution >= 0.6 is 7.26 Å². The summed E-state index contributed by atoms with van der Waals surface area (Å²) < 4.78 is 5.32. The Kier molecular flexibility index (Phi) is 7.50. The Bertz CT molecular complexity index is 1090. The number of rotatable bonds is 8. The van der Waals surface area contributed by atoms with E-state index < -0.39 is 7.26 Å². The van der Waals surface area contributed by atoms with Gasteiger partial charge in [-0.1, -0.05) is 84.9 Å². The van der Waals surface area contributed by atoms with Gasteiger partial charge in [-0.05, 0) is 48.9 Å². The number of hydrogen-bond acceptors (Lipinski definition) is 2. The molecule has 2 nitrogen and oxygen atoms in total. The second-order valence-corrected chi connectivity index (χ2v) is 11.2. The van der Waals surface area contributed by atoms with Gasteiger partial charge in [0.05, 0.1) is 12.8 Å². The van der Waals surface area contributed by atoms with E-state index in [1.54, 1.807) is 6.08 Å². The minimum atomic E-state index is -2.13. The van der Waals surface area contributed by atoms with Gasteiger partial charge in [0, 0.05) is 11.6 Å². The Morgan fingerprint density at radius 3 is 1.45 bits per heavy atom. The molecule has 3 heteroatoms. The Hall–Kier alpha value is -3.48. The summed E-state index contributed by atoms with van der Waals surface area (Å²) in [5.74, 6) is -0.302. The Balaban J connectivity index is 1.98. The third-order valence-corrected chi connectivity index (χ3v) is 10.1. The van der Waals surface area contributed by atoms with Crippen LogP contribution in [-0.4, -0.2) is 18.7 Å². The minimum Gasteiger partial charge on any atom is -0.463 e. The van der Waals surface area contributed by atoms with Crippen molar-refractivity contribution in [3.63, 3.8) is 0 Å². The van der Waals surface area contributed by atoms with E-state index in [4.69, 9.17) is 4.74 Å². The average molecular weight is 452 g/mol. The molecule has 0 fully saturated rings. The van der Waals surface area contributed by atoms with Crippen molar-refractivity contribution >= 4 is 34.7 Å². The van der Waals surface area contributed by atoms with Gasteiger partial charge >= 0.3 is 5.97 Å². The molecule has 0 N–H and O–H groups in total. The van der Waals surface area contributed by atoms with Crippen LogP contribution in [0.25, 0.3) is 5.57 Å². The first-order valence-corrected chi connectivity index (χ1v) is 13.2. The maximum Gasteiger partial charge on any atom is 0.331 e. The van der Waals surface area contributed by atoms with Crippen LogP contribution in [0.15, 0.2) is 127 Å². The fraction of sp³-hybridized carbons (Fsp3) is 0.100. The lowest BCUT2D eigenvalue weighted by Crippen LogP contribution is -2.33. The zero-order valence-electron chi connectivity index (χ0n) is 18.8. The molecule has 4 aromatic carbocycles. The van der Waals surface area contributed by atoms with Gasteiger partial charge in [-0.25, -0.2) is 4.79 Å². The van der Waals surface area contributed by atoms with E-state index in [-0.39, 0.29) is 5.97 Å². The summed E-state index contributed by atoms with van der Waals surface area (Å²) >= 11 is 0. The average Bonchev–Trinajstić information content (AvgIpc) is 2.89. The summed E-state index contributed by atoms with van der Waals surface area (Å²) in [6, 6.07) is 42.3. The summed E-state index contributed by atoms with van der Waals surface area (Å²) in [6.45, 7) is 2.19. The lowest BCUT2D eigenvalue weighted by Gasteiger charge is -2.28. The molecule has 0 atom stereocenters. The first-order valence-electron chi connectivity index (χ1n) is 11.2. The van der Waals surface area contributed by atoms with Crippen molar-refractivity contribution in [2.45, 2.75) is 6.92 Å². The summed E-state index contributed by atoms with van der Waals surface area (Å²) in [7, 11) is -2.13. The van der Waals surface area contributed by atoms with Crippen LogP contribution in [0.4, 0.5) is 0 Å². The Morgan fingerprint density at radius 2 is 1.06 bits per heavy atom. The molecule has 0 aromatic heterocycles. The molecule has 164 valence electrons. The van der Waals surface area contributed by atoms with Crippen molar-refractivity contribution in [1.82, 2.24) is 0 Å². The van der Waals surface area contributed by atoms with E-state index in [0.717, 1.165) is 11.1 Å². The van der Waals surface area contributed by atoms with Crippen molar-refractivity contribution in [3.05, 3.63) is 133 Å². The molecule has 4 aromatic rings. The van der Waals surface area contributed by atoms with Gasteiger partial charge in [-0.15, -0.1) is 0 Å². The number of carbonyl (C=O) groups excluding carboxylic acids is 1. The highest BCUT2D eigenvalue weighted by molar-refractivity contribution is 7.96. The van der Waals surface area contributed by atoms with Crippen LogP contribution in [-0.2, 0) is 9.53 Å². The molecule has 4 rings (SSSR count). The topological polar surface area (TPSA) is 26.3 Å². The van der Waals surface area contributed by atoms with Crippen molar-refractivity contribution in [1.29, 1.82) is 0 Å². The summed E-state index contributed by atoms with van der Waals surface area (Å²) in [5.41, 5.74) is 2.02. The predicted octanol–water partition coefficient (Wildman–Crippen LogP) is 5.63. The van der Waals surface area contributed by atoms with Crippen LogP contribution < -0.4 is 15.9 Å². The second kappa shape index (κ2) is 10.9. The number of benzene rings is 4. The van der Waals surface area contributed by atoms with Crippen LogP contribution in [0.5, 0.6) is 0 Å². The maximum absolute atomic E-state index is 12.6. The van der Waals surface area contributed by atoms with Crippen molar-refractivity contribution in [3.8, 4) is 0 Å². The number of allylic oxidation sites excluding steroid dienone is 1. The predicted molar refractivity (Wildman–Crippen MR) is 141 cm³/mol. The molecule has 0 spiro atoms. The summed E-state index contributed by atoms with van der Waals surface area (Å²) in [4.78, 5) is 12.6. The minimum absolute atomic E-state index is 0.302. The van der Waals surface area contributed by atoms with Crippen LogP contribution in [0.3, 0.4) is 0 Å². The third kappa shape index (κ3) is 5.13. The molecule has 0 aliphatic carbocycles. The Labute approximate surface area is 196 Å². The highest BCUT2D eigenvalue weighted by Gasteiger charge is 2.46. The fourth-order valence-electron chi connectivity index (χ4n) is 4.22. The molecule has 0 amide bonds. The summed E-state index contributed by atoms with van der Waals surface area (Å²) in [5, 5.41) is 3.86. The molecule has 0 radical (unpaired) electrons. The monoisotopic (exact) mass is 451 g/mol. The Morgan fingerprint density at radius 1 is 0.667 bits per heavy atom. The molecule has 0 saturated heterocycles. The van der Waals surface area contributed by atoms with E-state index in [0.29, 0.717) is 12.8 Å². The molecule has 0 aliphatic heterocycles. The quantitative estimate of drug-likeness (QED) is 0.197. The first-order chi connectivity index (χ1) is 16.2. The molecular formula is C30H28O2P+. The van der Waals surface area contributed by atoms with E-state index >= 15 is 0 Å². The smallest absolute Gasteiger partial charge is 0.331 e. The molecule has 0 aliphatic rings. The standard InChI is InChI=1S/C30H28O2P/c1-2-32-30(31)23-26(25-15-7-3-8-16-25)24-33(27-17-9-4-10-18-27,28-19-11-5-12-20-28)29-21-13-6-14-22-29/h3-23H,2,24H2,1H3/q+1/b26-23+. The van der Waals surface area contributed by atoms with Gasteiger partial charge < -0.3 is 4.74 Å². The lowest BCUT2D eigenvalue weighted by molar-refractivity contribution is -0.137. The highest BCUT2D eigenvalue weighted by atomic mass is 31.2. The molecule has 0 unspecified atom stereocenters. The number of carbonyl (C=O) groups is 1. The number of esters is 1. The third-order valence-electron chi connectivity index (χ3n) is 5.72.